The molecule has 2 saturated heterocycles. The molecule has 2 aromatic heterocycles. The first-order chi connectivity index (χ1) is 30.3. The third-order valence-electron chi connectivity index (χ3n) is 10.0. The van der Waals surface area contributed by atoms with Crippen molar-refractivity contribution in [2.75, 3.05) is 13.2 Å². The second-order valence-corrected chi connectivity index (χ2v) is 15.4. The fourth-order valence-electron chi connectivity index (χ4n) is 6.61. The number of rotatable bonds is 6. The molecule has 4 aromatic carbocycles. The summed E-state index contributed by atoms with van der Waals surface area (Å²) in [6.07, 6.45) is -6.48. The molecule has 11 N–H and O–H groups in total. The molecule has 6 aromatic rings. The lowest BCUT2D eigenvalue weighted by atomic mass is 9.91. The van der Waals surface area contributed by atoms with E-state index in [1.807, 2.05) is 54.6 Å². The molecule has 2 aliphatic heterocycles. The number of hydrogen-bond acceptors (Lipinski definition) is 17. The summed E-state index contributed by atoms with van der Waals surface area (Å²) in [6, 6.07) is 29.0. The standard InChI is InChI=1S/C23H22N2O6.C14H16O5.C9H7BrN2O.H3N/c1-13-24-25-23(30-13)16-9-7-14(8-10-16)5-6-15-3-2-4-17(11-15)22-21(29)20(28)19(27)18(12-26)31-22;1-2-8-4-3-5-9(6-8)14-13(18)12(17)11(16)10(7-15)19-14;1-6-11-12-9(13-6)7-2-4-8(10)5-3-7;/h2-4,7-11,18-22,26-29H,12H2,1H3;1,3-6,10-18H,7H2;2-5H,1H3;1H3/t18-,19-,20+,21+,22-;10-,11-,12+,13+,14-;;/m11../s1. The average Bonchev–Trinajstić information content (AvgIpc) is 3.95. The molecule has 0 spiro atoms. The largest absolute Gasteiger partial charge is 0.421 e. The highest BCUT2D eigenvalue weighted by atomic mass is 79.9. The number of benzene rings is 4. The van der Waals surface area contributed by atoms with Crippen LogP contribution in [-0.4, -0.2) is 123 Å². The molecule has 2 fully saturated rings. The van der Waals surface area contributed by atoms with Gasteiger partial charge in [0.1, 0.15) is 61.0 Å². The van der Waals surface area contributed by atoms with E-state index in [-0.39, 0.29) is 6.15 Å². The Morgan fingerprint density at radius 1 is 0.547 bits per heavy atom. The second-order valence-electron chi connectivity index (χ2n) is 14.5. The number of aliphatic hydroxyl groups excluding tert-OH is 8. The Morgan fingerprint density at radius 2 is 0.969 bits per heavy atom. The minimum atomic E-state index is -1.42. The van der Waals surface area contributed by atoms with E-state index in [2.05, 4.69) is 54.1 Å². The smallest absolute Gasteiger partial charge is 0.247 e. The Labute approximate surface area is 376 Å². The van der Waals surface area contributed by atoms with Gasteiger partial charge in [-0.2, -0.15) is 0 Å². The molecule has 0 radical (unpaired) electrons. The van der Waals surface area contributed by atoms with E-state index < -0.39 is 74.3 Å². The van der Waals surface area contributed by atoms with E-state index in [0.29, 0.717) is 45.8 Å². The van der Waals surface area contributed by atoms with Gasteiger partial charge >= 0.3 is 0 Å². The molecule has 0 aliphatic carbocycles. The minimum absolute atomic E-state index is 0. The van der Waals surface area contributed by atoms with Gasteiger partial charge in [0.25, 0.3) is 0 Å². The lowest BCUT2D eigenvalue weighted by Crippen LogP contribution is -2.55. The molecule has 4 heterocycles. The van der Waals surface area contributed by atoms with Crippen LogP contribution in [0.2, 0.25) is 0 Å². The summed E-state index contributed by atoms with van der Waals surface area (Å²) >= 11 is 3.36. The SMILES string of the molecule is C#Cc1cccc([C@H]2O[C@H](CO)[C@@H](O)[C@H](O)[C@@H]2O)c1.Cc1nnc(-c2ccc(Br)cc2)o1.Cc1nnc(-c2ccc(C#Cc3cccc([C@H]4O[C@H](CO)[C@@H](O)[C@H](O)[C@@H]4O)c3)cc2)o1.N. The quantitative estimate of drug-likeness (QED) is 0.108. The molecular formula is C46H48BrN5O12. The monoisotopic (exact) mass is 941 g/mol. The van der Waals surface area contributed by atoms with Gasteiger partial charge in [-0.15, -0.1) is 26.8 Å². The zero-order valence-electron chi connectivity index (χ0n) is 34.6. The van der Waals surface area contributed by atoms with Crippen LogP contribution in [0.4, 0.5) is 0 Å². The van der Waals surface area contributed by atoms with Crippen LogP contribution in [0, 0.1) is 38.0 Å². The van der Waals surface area contributed by atoms with Gasteiger partial charge in [0.15, 0.2) is 0 Å². The Kier molecular flexibility index (Phi) is 17.6. The number of nitrogens with zero attached hydrogens (tertiary/aromatic N) is 4. The molecule has 0 amide bonds. The molecule has 0 bridgehead atoms. The van der Waals surface area contributed by atoms with Gasteiger partial charge in [0.05, 0.1) is 13.2 Å². The Hall–Kier alpha value is -5.68. The van der Waals surface area contributed by atoms with Crippen molar-refractivity contribution >= 4 is 15.9 Å². The first-order valence-corrected chi connectivity index (χ1v) is 20.4. The molecule has 10 atom stereocenters. The van der Waals surface area contributed by atoms with Crippen LogP contribution in [-0.2, 0) is 9.47 Å². The average molecular weight is 943 g/mol. The van der Waals surface area contributed by atoms with E-state index in [0.717, 1.165) is 21.2 Å². The van der Waals surface area contributed by atoms with Crippen LogP contribution in [0.25, 0.3) is 22.9 Å². The number of halogens is 1. The molecule has 2 aliphatic rings. The van der Waals surface area contributed by atoms with Gasteiger partial charge in [-0.05, 0) is 83.9 Å². The Balaban J connectivity index is 0.000000198. The summed E-state index contributed by atoms with van der Waals surface area (Å²) < 4.78 is 22.8. The Morgan fingerprint density at radius 3 is 1.39 bits per heavy atom. The van der Waals surface area contributed by atoms with Crippen molar-refractivity contribution in [2.45, 2.75) is 74.9 Å². The topological polar surface area (TPSA) is 293 Å². The molecule has 0 unspecified atom stereocenters. The van der Waals surface area contributed by atoms with Crippen molar-refractivity contribution in [2.24, 2.45) is 0 Å². The summed E-state index contributed by atoms with van der Waals surface area (Å²) in [7, 11) is 0. The summed E-state index contributed by atoms with van der Waals surface area (Å²) in [4.78, 5) is 0. The summed E-state index contributed by atoms with van der Waals surface area (Å²) in [5.74, 6) is 10.7. The molecule has 0 saturated carbocycles. The van der Waals surface area contributed by atoms with Gasteiger partial charge in [-0.1, -0.05) is 58.0 Å². The number of aliphatic hydroxyl groups is 8. The van der Waals surface area contributed by atoms with Crippen LogP contribution in [0.15, 0.2) is 110 Å². The summed E-state index contributed by atoms with van der Waals surface area (Å²) in [6.45, 7) is 2.58. The van der Waals surface area contributed by atoms with Gasteiger partial charge in [0, 0.05) is 46.1 Å². The van der Waals surface area contributed by atoms with Gasteiger partial charge in [-0.3, -0.25) is 0 Å². The van der Waals surface area contributed by atoms with Crippen molar-refractivity contribution in [1.29, 1.82) is 0 Å². The maximum atomic E-state index is 10.3. The third kappa shape index (κ3) is 12.1. The van der Waals surface area contributed by atoms with Crippen molar-refractivity contribution in [3.05, 3.63) is 141 Å². The zero-order valence-corrected chi connectivity index (χ0v) is 36.2. The van der Waals surface area contributed by atoms with Crippen LogP contribution in [0.5, 0.6) is 0 Å². The summed E-state index contributed by atoms with van der Waals surface area (Å²) in [5, 5.41) is 93.7. The first kappa shape index (κ1) is 49.3. The maximum absolute atomic E-state index is 10.3. The van der Waals surface area contributed by atoms with Crippen molar-refractivity contribution in [3.63, 3.8) is 0 Å². The lowest BCUT2D eigenvalue weighted by Gasteiger charge is -2.40. The lowest BCUT2D eigenvalue weighted by molar-refractivity contribution is -0.231. The van der Waals surface area contributed by atoms with E-state index in [1.165, 1.54) is 0 Å². The maximum Gasteiger partial charge on any atom is 0.247 e. The van der Waals surface area contributed by atoms with Crippen molar-refractivity contribution in [3.8, 4) is 47.1 Å². The van der Waals surface area contributed by atoms with Crippen LogP contribution >= 0.6 is 15.9 Å². The summed E-state index contributed by atoms with van der Waals surface area (Å²) in [5.41, 5.74) is 5.01. The van der Waals surface area contributed by atoms with Crippen molar-refractivity contribution in [1.82, 2.24) is 26.5 Å². The van der Waals surface area contributed by atoms with Crippen molar-refractivity contribution < 1.29 is 59.2 Å². The number of ether oxygens (including phenoxy) is 2. The number of aryl methyl sites for hydroxylation is 2. The molecule has 18 heteroatoms. The molecule has 17 nitrogen and oxygen atoms in total. The van der Waals surface area contributed by atoms with Crippen LogP contribution in [0.3, 0.4) is 0 Å². The fourth-order valence-corrected chi connectivity index (χ4v) is 6.88. The third-order valence-corrected chi connectivity index (χ3v) is 10.5. The highest BCUT2D eigenvalue weighted by Crippen LogP contribution is 2.34. The predicted molar refractivity (Wildman–Crippen MR) is 234 cm³/mol. The van der Waals surface area contributed by atoms with Gasteiger partial charge < -0.3 is 65.3 Å². The van der Waals surface area contributed by atoms with Crippen LogP contribution < -0.4 is 6.15 Å². The molecular weight excluding hydrogens is 894 g/mol. The normalized spacial score (nSPS) is 24.8. The van der Waals surface area contributed by atoms with E-state index in [1.54, 1.807) is 56.3 Å². The predicted octanol–water partition coefficient (Wildman–Crippen LogP) is 3.11. The number of aromatic nitrogens is 4. The minimum Gasteiger partial charge on any atom is -0.421 e. The second kappa shape index (κ2) is 22.8. The molecule has 336 valence electrons. The zero-order chi connectivity index (χ0) is 45.2. The molecule has 8 rings (SSSR count). The fraction of sp³-hybridized carbons (Fsp3) is 0.304. The van der Waals surface area contributed by atoms with E-state index in [9.17, 15) is 35.7 Å². The van der Waals surface area contributed by atoms with Crippen LogP contribution in [0.1, 0.15) is 51.8 Å². The number of terminal acetylenes is 1. The highest BCUT2D eigenvalue weighted by Gasteiger charge is 2.45. The molecule has 64 heavy (non-hydrogen) atoms. The van der Waals surface area contributed by atoms with E-state index >= 15 is 0 Å². The Bertz CT molecular complexity index is 2520. The first-order valence-electron chi connectivity index (χ1n) is 19.6. The van der Waals surface area contributed by atoms with Gasteiger partial charge in [0.2, 0.25) is 23.6 Å². The number of hydrogen-bond donors (Lipinski definition) is 9. The van der Waals surface area contributed by atoms with Gasteiger partial charge in [-0.25, -0.2) is 0 Å². The highest BCUT2D eigenvalue weighted by molar-refractivity contribution is 9.10. The van der Waals surface area contributed by atoms with E-state index in [4.69, 9.17) is 29.8 Å².